The molecular weight excluding hydrogens is 186 g/mol. The Labute approximate surface area is 93.6 Å². The lowest BCUT2D eigenvalue weighted by Crippen LogP contribution is -2.30. The van der Waals surface area contributed by atoms with E-state index in [9.17, 15) is 5.26 Å². The van der Waals surface area contributed by atoms with Crippen molar-refractivity contribution in [2.45, 2.75) is 58.5 Å². The zero-order valence-corrected chi connectivity index (χ0v) is 10.3. The second-order valence-corrected chi connectivity index (χ2v) is 4.99. The maximum atomic E-state index is 9.34. The van der Waals surface area contributed by atoms with Gasteiger partial charge >= 0.3 is 0 Å². The molecule has 0 saturated heterocycles. The van der Waals surface area contributed by atoms with Crippen LogP contribution in [0.5, 0.6) is 0 Å². The van der Waals surface area contributed by atoms with Crippen molar-refractivity contribution in [3.8, 4) is 6.07 Å². The van der Waals surface area contributed by atoms with Gasteiger partial charge in [-0.05, 0) is 44.9 Å². The van der Waals surface area contributed by atoms with Crippen molar-refractivity contribution in [2.24, 2.45) is 11.3 Å². The van der Waals surface area contributed by atoms with Gasteiger partial charge in [0.05, 0.1) is 17.6 Å². The number of nitriles is 1. The lowest BCUT2D eigenvalue weighted by Gasteiger charge is -2.36. The molecule has 2 heteroatoms. The van der Waals surface area contributed by atoms with Gasteiger partial charge in [0, 0.05) is 7.11 Å². The first-order chi connectivity index (χ1) is 7.15. The molecule has 1 atom stereocenters. The molecule has 1 unspecified atom stereocenters. The smallest absolute Gasteiger partial charge is 0.0690 e. The van der Waals surface area contributed by atoms with Crippen molar-refractivity contribution in [3.05, 3.63) is 0 Å². The molecule has 0 heterocycles. The van der Waals surface area contributed by atoms with Crippen LogP contribution in [0.3, 0.4) is 0 Å². The third-order valence-electron chi connectivity index (χ3n) is 3.96. The molecule has 1 aliphatic carbocycles. The molecule has 1 fully saturated rings. The number of ether oxygens (including phenoxy) is 1. The van der Waals surface area contributed by atoms with Crippen molar-refractivity contribution in [2.75, 3.05) is 7.11 Å². The van der Waals surface area contributed by atoms with Crippen molar-refractivity contribution in [1.82, 2.24) is 0 Å². The Morgan fingerprint density at radius 3 is 2.47 bits per heavy atom. The highest BCUT2D eigenvalue weighted by Crippen LogP contribution is 2.43. The minimum atomic E-state index is -0.0961. The molecular formula is C13H23NO. The standard InChI is InChI=1S/C13H23NO/c1-4-12-5-7-13(10-14,8-6-12)9-11(2)15-3/h11-12H,4-9H2,1-3H3. The SMILES string of the molecule is CCC1CCC(C#N)(CC(C)OC)CC1. The third-order valence-corrected chi connectivity index (χ3v) is 3.96. The molecule has 2 nitrogen and oxygen atoms in total. The molecule has 0 N–H and O–H groups in total. The molecule has 1 saturated carbocycles. The molecule has 0 radical (unpaired) electrons. The predicted molar refractivity (Wildman–Crippen MR) is 61.4 cm³/mol. The summed E-state index contributed by atoms with van der Waals surface area (Å²) in [7, 11) is 1.73. The monoisotopic (exact) mass is 209 g/mol. The van der Waals surface area contributed by atoms with Crippen molar-refractivity contribution < 1.29 is 4.74 Å². The molecule has 0 spiro atoms. The van der Waals surface area contributed by atoms with Crippen LogP contribution < -0.4 is 0 Å². The Kier molecular flexibility index (Phi) is 4.60. The summed E-state index contributed by atoms with van der Waals surface area (Å²) in [6, 6.07) is 2.55. The maximum absolute atomic E-state index is 9.34. The quantitative estimate of drug-likeness (QED) is 0.709. The summed E-state index contributed by atoms with van der Waals surface area (Å²) in [6.07, 6.45) is 6.95. The minimum absolute atomic E-state index is 0.0961. The number of rotatable bonds is 4. The molecule has 0 aromatic heterocycles. The predicted octanol–water partition coefficient (Wildman–Crippen LogP) is 3.52. The zero-order chi connectivity index (χ0) is 11.3. The summed E-state index contributed by atoms with van der Waals surface area (Å²) < 4.78 is 5.28. The van der Waals surface area contributed by atoms with Crippen LogP contribution in [0.4, 0.5) is 0 Å². The summed E-state index contributed by atoms with van der Waals surface area (Å²) >= 11 is 0. The van der Waals surface area contributed by atoms with E-state index in [2.05, 4.69) is 19.9 Å². The topological polar surface area (TPSA) is 33.0 Å². The van der Waals surface area contributed by atoms with E-state index in [0.29, 0.717) is 0 Å². The van der Waals surface area contributed by atoms with E-state index in [1.54, 1.807) is 7.11 Å². The highest BCUT2D eigenvalue weighted by Gasteiger charge is 2.36. The van der Waals surface area contributed by atoms with Gasteiger partial charge in [0.1, 0.15) is 0 Å². The van der Waals surface area contributed by atoms with Gasteiger partial charge in [-0.2, -0.15) is 5.26 Å². The Morgan fingerprint density at radius 2 is 2.07 bits per heavy atom. The van der Waals surface area contributed by atoms with Crippen LogP contribution >= 0.6 is 0 Å². The molecule has 0 aromatic carbocycles. The zero-order valence-electron chi connectivity index (χ0n) is 10.3. The first-order valence-corrected chi connectivity index (χ1v) is 6.10. The lowest BCUT2D eigenvalue weighted by atomic mass is 9.68. The van der Waals surface area contributed by atoms with Crippen molar-refractivity contribution in [1.29, 1.82) is 5.26 Å². The Balaban J connectivity index is 2.53. The largest absolute Gasteiger partial charge is 0.382 e. The summed E-state index contributed by atoms with van der Waals surface area (Å²) in [5, 5.41) is 9.34. The normalized spacial score (nSPS) is 33.3. The van der Waals surface area contributed by atoms with Crippen LogP contribution in [0, 0.1) is 22.7 Å². The minimum Gasteiger partial charge on any atom is -0.382 e. The van der Waals surface area contributed by atoms with Gasteiger partial charge in [0.25, 0.3) is 0 Å². The highest BCUT2D eigenvalue weighted by atomic mass is 16.5. The Hall–Kier alpha value is -0.550. The van der Waals surface area contributed by atoms with Crippen LogP contribution in [0.1, 0.15) is 52.4 Å². The second kappa shape index (κ2) is 5.51. The van der Waals surface area contributed by atoms with Crippen LogP contribution in [0.2, 0.25) is 0 Å². The van der Waals surface area contributed by atoms with Gasteiger partial charge in [0.2, 0.25) is 0 Å². The Morgan fingerprint density at radius 1 is 1.47 bits per heavy atom. The van der Waals surface area contributed by atoms with Crippen LogP contribution in [-0.2, 0) is 4.74 Å². The fourth-order valence-electron chi connectivity index (χ4n) is 2.63. The van der Waals surface area contributed by atoms with Gasteiger partial charge in [-0.15, -0.1) is 0 Å². The van der Waals surface area contributed by atoms with Gasteiger partial charge in [-0.3, -0.25) is 0 Å². The number of methoxy groups -OCH3 is 1. The average Bonchev–Trinajstić information content (AvgIpc) is 2.30. The third kappa shape index (κ3) is 3.21. The number of nitrogens with zero attached hydrogens (tertiary/aromatic N) is 1. The molecule has 0 amide bonds. The highest BCUT2D eigenvalue weighted by molar-refractivity contribution is 5.02. The first kappa shape index (κ1) is 12.5. The maximum Gasteiger partial charge on any atom is 0.0690 e. The van der Waals surface area contributed by atoms with E-state index in [1.807, 2.05) is 0 Å². The molecule has 1 aliphatic rings. The summed E-state index contributed by atoms with van der Waals surface area (Å²) in [5.41, 5.74) is -0.0961. The number of hydrogen-bond acceptors (Lipinski definition) is 2. The number of hydrogen-bond donors (Lipinski definition) is 0. The molecule has 0 aliphatic heterocycles. The van der Waals surface area contributed by atoms with Gasteiger partial charge in [0.15, 0.2) is 0 Å². The van der Waals surface area contributed by atoms with Crippen LogP contribution in [0.25, 0.3) is 0 Å². The fraction of sp³-hybridized carbons (Fsp3) is 0.923. The van der Waals surface area contributed by atoms with Gasteiger partial charge in [-0.25, -0.2) is 0 Å². The Bertz CT molecular complexity index is 223. The van der Waals surface area contributed by atoms with E-state index in [4.69, 9.17) is 4.74 Å². The summed E-state index contributed by atoms with van der Waals surface area (Å²) in [6.45, 7) is 4.31. The van der Waals surface area contributed by atoms with Crippen LogP contribution in [0.15, 0.2) is 0 Å². The average molecular weight is 209 g/mol. The van der Waals surface area contributed by atoms with Crippen molar-refractivity contribution in [3.63, 3.8) is 0 Å². The van der Waals surface area contributed by atoms with E-state index in [-0.39, 0.29) is 11.5 Å². The molecule has 0 bridgehead atoms. The molecule has 86 valence electrons. The fourth-order valence-corrected chi connectivity index (χ4v) is 2.63. The molecule has 0 aromatic rings. The molecule has 1 rings (SSSR count). The second-order valence-electron chi connectivity index (χ2n) is 4.99. The summed E-state index contributed by atoms with van der Waals surface area (Å²) in [4.78, 5) is 0. The van der Waals surface area contributed by atoms with Crippen LogP contribution in [-0.4, -0.2) is 13.2 Å². The van der Waals surface area contributed by atoms with Gasteiger partial charge in [-0.1, -0.05) is 13.3 Å². The first-order valence-electron chi connectivity index (χ1n) is 6.10. The lowest BCUT2D eigenvalue weighted by molar-refractivity contribution is 0.0616. The molecule has 15 heavy (non-hydrogen) atoms. The van der Waals surface area contributed by atoms with Gasteiger partial charge < -0.3 is 4.74 Å². The van der Waals surface area contributed by atoms with E-state index in [0.717, 1.165) is 25.2 Å². The summed E-state index contributed by atoms with van der Waals surface area (Å²) in [5.74, 6) is 0.851. The van der Waals surface area contributed by atoms with Crippen molar-refractivity contribution >= 4 is 0 Å². The van der Waals surface area contributed by atoms with E-state index in [1.165, 1.54) is 19.3 Å². The van der Waals surface area contributed by atoms with E-state index >= 15 is 0 Å². The van der Waals surface area contributed by atoms with E-state index < -0.39 is 0 Å².